The predicted octanol–water partition coefficient (Wildman–Crippen LogP) is 2.11. The van der Waals surface area contributed by atoms with Crippen LogP contribution < -0.4 is 10.1 Å². The van der Waals surface area contributed by atoms with E-state index in [4.69, 9.17) is 9.47 Å². The van der Waals surface area contributed by atoms with Gasteiger partial charge in [0.25, 0.3) is 5.91 Å². The lowest BCUT2D eigenvalue weighted by Crippen LogP contribution is -2.16. The van der Waals surface area contributed by atoms with Crippen LogP contribution in [0.4, 0.5) is 5.13 Å². The number of hydrogen-bond donors (Lipinski definition) is 1. The fourth-order valence-corrected chi connectivity index (χ4v) is 3.26. The first-order valence-corrected chi connectivity index (χ1v) is 8.35. The lowest BCUT2D eigenvalue weighted by atomic mass is 10.1. The van der Waals surface area contributed by atoms with Crippen LogP contribution in [0.5, 0.6) is 5.75 Å². The number of thioether (sulfide) groups is 1. The van der Waals surface area contributed by atoms with E-state index in [2.05, 4.69) is 15.5 Å². The molecule has 0 saturated carbocycles. The summed E-state index contributed by atoms with van der Waals surface area (Å²) >= 11 is 2.49. The molecule has 2 aromatic rings. The van der Waals surface area contributed by atoms with Crippen molar-refractivity contribution in [2.45, 2.75) is 4.34 Å². The summed E-state index contributed by atoms with van der Waals surface area (Å²) in [7, 11) is 3.01. The molecule has 0 atom stereocenters. The Balaban J connectivity index is 1.86. The van der Waals surface area contributed by atoms with E-state index in [1.807, 2.05) is 0 Å². The Morgan fingerprint density at radius 2 is 1.96 bits per heavy atom. The molecule has 0 bridgehead atoms. The molecule has 1 heterocycles. The predicted molar refractivity (Wildman–Crippen MR) is 88.5 cm³/mol. The third-order valence-corrected chi connectivity index (χ3v) is 4.64. The van der Waals surface area contributed by atoms with Gasteiger partial charge in [0, 0.05) is 12.7 Å². The highest BCUT2D eigenvalue weighted by atomic mass is 32.2. The smallest absolute Gasteiger partial charge is 0.252 e. The van der Waals surface area contributed by atoms with Crippen LogP contribution in [0.15, 0.2) is 28.6 Å². The maximum atomic E-state index is 12.1. The van der Waals surface area contributed by atoms with Gasteiger partial charge in [-0.05, 0) is 24.3 Å². The molecule has 122 valence electrons. The first kappa shape index (κ1) is 17.4. The molecule has 9 heteroatoms. The number of amides is 1. The fourth-order valence-electron chi connectivity index (χ4n) is 1.59. The molecule has 1 N–H and O–H groups in total. The van der Waals surface area contributed by atoms with Crippen molar-refractivity contribution >= 4 is 39.9 Å². The van der Waals surface area contributed by atoms with E-state index in [0.29, 0.717) is 20.8 Å². The zero-order valence-corrected chi connectivity index (χ0v) is 14.2. The number of hydrogen-bond acceptors (Lipinski definition) is 8. The molecule has 1 aromatic heterocycles. The highest BCUT2D eigenvalue weighted by Gasteiger charge is 2.11. The van der Waals surface area contributed by atoms with E-state index in [-0.39, 0.29) is 24.1 Å². The van der Waals surface area contributed by atoms with Crippen LogP contribution in [0.25, 0.3) is 0 Å². The number of anilines is 1. The Bertz CT molecular complexity index is 673. The van der Waals surface area contributed by atoms with E-state index < -0.39 is 0 Å². The van der Waals surface area contributed by atoms with Gasteiger partial charge in [0.2, 0.25) is 5.13 Å². The average molecular weight is 353 g/mol. The van der Waals surface area contributed by atoms with Crippen LogP contribution in [0.1, 0.15) is 10.4 Å². The molecule has 2 rings (SSSR count). The summed E-state index contributed by atoms with van der Waals surface area (Å²) in [5, 5.41) is 10.7. The zero-order valence-electron chi connectivity index (χ0n) is 12.6. The van der Waals surface area contributed by atoms with Crippen molar-refractivity contribution in [1.29, 1.82) is 0 Å². The topological polar surface area (TPSA) is 90.4 Å². The normalized spacial score (nSPS) is 10.3. The molecule has 0 radical (unpaired) electrons. The summed E-state index contributed by atoms with van der Waals surface area (Å²) in [5.41, 5.74) is 0.608. The molecule has 0 aliphatic heterocycles. The number of Topliss-reactive ketones (excluding diaryl/α,β-unsaturated/α-hetero) is 1. The van der Waals surface area contributed by atoms with Crippen molar-refractivity contribution in [1.82, 2.24) is 10.2 Å². The number of aromatic nitrogens is 2. The molecule has 0 unspecified atom stereocenters. The minimum absolute atomic E-state index is 0.0159. The van der Waals surface area contributed by atoms with Crippen LogP contribution in [0.3, 0.4) is 0 Å². The SMILES string of the molecule is COCC(=O)Nc1nnc(SCC(=O)c2ccc(OC)cc2)s1. The summed E-state index contributed by atoms with van der Waals surface area (Å²) in [6, 6.07) is 6.93. The standard InChI is InChI=1S/C14H15N3O4S2/c1-20-7-12(19)15-13-16-17-14(23-13)22-8-11(18)9-3-5-10(21-2)6-4-9/h3-6H,7-8H2,1-2H3,(H,15,16,19). The highest BCUT2D eigenvalue weighted by Crippen LogP contribution is 2.26. The maximum absolute atomic E-state index is 12.1. The molecule has 1 aromatic carbocycles. The van der Waals surface area contributed by atoms with Crippen LogP contribution >= 0.6 is 23.1 Å². The number of nitrogens with one attached hydrogen (secondary N) is 1. The Kier molecular flexibility index (Phi) is 6.51. The summed E-state index contributed by atoms with van der Waals surface area (Å²) in [6.45, 7) is -0.0436. The number of methoxy groups -OCH3 is 2. The first-order chi connectivity index (χ1) is 11.1. The number of benzene rings is 1. The lowest BCUT2D eigenvalue weighted by Gasteiger charge is -2.01. The summed E-state index contributed by atoms with van der Waals surface area (Å²) < 4.78 is 10.4. The number of carbonyl (C=O) groups excluding carboxylic acids is 2. The number of ether oxygens (including phenoxy) is 2. The second-order valence-corrected chi connectivity index (χ2v) is 6.49. The molecular formula is C14H15N3O4S2. The Labute approximate surface area is 141 Å². The summed E-state index contributed by atoms with van der Waals surface area (Å²) in [4.78, 5) is 23.5. The summed E-state index contributed by atoms with van der Waals surface area (Å²) in [6.07, 6.45) is 0. The van der Waals surface area contributed by atoms with E-state index in [0.717, 1.165) is 0 Å². The number of ketones is 1. The average Bonchev–Trinajstić information content (AvgIpc) is 3.00. The molecule has 0 spiro atoms. The van der Waals surface area contributed by atoms with Gasteiger partial charge in [0.1, 0.15) is 12.4 Å². The monoisotopic (exact) mass is 353 g/mol. The lowest BCUT2D eigenvalue weighted by molar-refractivity contribution is -0.119. The van der Waals surface area contributed by atoms with Crippen molar-refractivity contribution in [2.75, 3.05) is 31.9 Å². The number of rotatable bonds is 8. The number of carbonyl (C=O) groups is 2. The molecule has 0 aliphatic rings. The van der Waals surface area contributed by atoms with Gasteiger partial charge in [-0.1, -0.05) is 23.1 Å². The quantitative estimate of drug-likeness (QED) is 0.441. The molecular weight excluding hydrogens is 338 g/mol. The fraction of sp³-hybridized carbons (Fsp3) is 0.286. The van der Waals surface area contributed by atoms with Gasteiger partial charge >= 0.3 is 0 Å². The third kappa shape index (κ3) is 5.31. The van der Waals surface area contributed by atoms with E-state index in [9.17, 15) is 9.59 Å². The highest BCUT2D eigenvalue weighted by molar-refractivity contribution is 8.01. The van der Waals surface area contributed by atoms with Crippen LogP contribution in [-0.2, 0) is 9.53 Å². The van der Waals surface area contributed by atoms with E-state index in [1.54, 1.807) is 31.4 Å². The first-order valence-electron chi connectivity index (χ1n) is 6.54. The third-order valence-electron chi connectivity index (χ3n) is 2.67. The van der Waals surface area contributed by atoms with E-state index >= 15 is 0 Å². The Morgan fingerprint density at radius 3 is 2.61 bits per heavy atom. The number of nitrogens with zero attached hydrogens (tertiary/aromatic N) is 2. The van der Waals surface area contributed by atoms with Gasteiger partial charge in [-0.2, -0.15) is 0 Å². The second-order valence-electron chi connectivity index (χ2n) is 4.29. The van der Waals surface area contributed by atoms with Crippen LogP contribution in [0.2, 0.25) is 0 Å². The van der Waals surface area contributed by atoms with Crippen LogP contribution in [0, 0.1) is 0 Å². The van der Waals surface area contributed by atoms with Gasteiger partial charge in [0.05, 0.1) is 12.9 Å². The van der Waals surface area contributed by atoms with Gasteiger partial charge < -0.3 is 9.47 Å². The van der Waals surface area contributed by atoms with Crippen molar-refractivity contribution in [3.8, 4) is 5.75 Å². The van der Waals surface area contributed by atoms with Gasteiger partial charge in [-0.25, -0.2) is 0 Å². The van der Waals surface area contributed by atoms with Gasteiger partial charge in [-0.15, -0.1) is 10.2 Å². The van der Waals surface area contributed by atoms with Crippen molar-refractivity contribution in [2.24, 2.45) is 0 Å². The largest absolute Gasteiger partial charge is 0.497 e. The minimum Gasteiger partial charge on any atom is -0.497 e. The van der Waals surface area contributed by atoms with Gasteiger partial charge in [-0.3, -0.25) is 14.9 Å². The molecule has 0 saturated heterocycles. The molecule has 0 fully saturated rings. The second kappa shape index (κ2) is 8.61. The Morgan fingerprint density at radius 1 is 1.22 bits per heavy atom. The van der Waals surface area contributed by atoms with Crippen molar-refractivity contribution in [3.05, 3.63) is 29.8 Å². The zero-order chi connectivity index (χ0) is 16.7. The minimum atomic E-state index is -0.297. The molecule has 1 amide bonds. The van der Waals surface area contributed by atoms with E-state index in [1.165, 1.54) is 30.2 Å². The Hall–Kier alpha value is -1.97. The molecule has 0 aliphatic carbocycles. The van der Waals surface area contributed by atoms with Crippen LogP contribution in [-0.4, -0.2) is 48.5 Å². The van der Waals surface area contributed by atoms with Crippen molar-refractivity contribution in [3.63, 3.8) is 0 Å². The van der Waals surface area contributed by atoms with Crippen molar-refractivity contribution < 1.29 is 19.1 Å². The van der Waals surface area contributed by atoms with Gasteiger partial charge in [0.15, 0.2) is 10.1 Å². The maximum Gasteiger partial charge on any atom is 0.252 e. The summed E-state index contributed by atoms with van der Waals surface area (Å²) in [5.74, 6) is 0.634. The molecule has 23 heavy (non-hydrogen) atoms. The molecule has 7 nitrogen and oxygen atoms in total.